The number of rotatable bonds is 8. The van der Waals surface area contributed by atoms with Crippen LogP contribution in [0.2, 0.25) is 0 Å². The average Bonchev–Trinajstić information content (AvgIpc) is 3.57. The Hall–Kier alpha value is -3.35. The number of nitrogens with one attached hydrogen (secondary N) is 1. The number of aromatic nitrogens is 4. The molecule has 1 fully saturated rings. The van der Waals surface area contributed by atoms with E-state index < -0.39 is 11.9 Å². The Balaban J connectivity index is 1.58. The molecule has 1 atom stereocenters. The number of benzene rings is 1. The standard InChI is InChI=1S/C23H25N5O2/c1-3-15(22(29)30)10-18-12-21(26-13-25-18)17-8-14(2)9-19(11-17)27-23-24-7-6-20(28-23)16-4-5-16/h6-9,11-13,15-16H,3-5,10H2,1-2H3,(H,29,30)(H,24,27,28). The van der Waals surface area contributed by atoms with E-state index in [0.29, 0.717) is 24.7 Å². The minimum Gasteiger partial charge on any atom is -0.481 e. The second kappa shape index (κ2) is 8.57. The van der Waals surface area contributed by atoms with Gasteiger partial charge in [-0.25, -0.2) is 19.9 Å². The lowest BCUT2D eigenvalue weighted by Crippen LogP contribution is -2.16. The van der Waals surface area contributed by atoms with Crippen LogP contribution in [-0.4, -0.2) is 31.0 Å². The number of nitrogens with zero attached hydrogens (tertiary/aromatic N) is 4. The molecular formula is C23H25N5O2. The summed E-state index contributed by atoms with van der Waals surface area (Å²) in [4.78, 5) is 29.0. The third-order valence-electron chi connectivity index (χ3n) is 5.32. The molecule has 1 aliphatic rings. The highest BCUT2D eigenvalue weighted by Crippen LogP contribution is 2.39. The van der Waals surface area contributed by atoms with Crippen LogP contribution in [-0.2, 0) is 11.2 Å². The zero-order chi connectivity index (χ0) is 21.1. The molecule has 7 heteroatoms. The van der Waals surface area contributed by atoms with Gasteiger partial charge in [0.1, 0.15) is 6.33 Å². The van der Waals surface area contributed by atoms with Crippen LogP contribution in [0.3, 0.4) is 0 Å². The third kappa shape index (κ3) is 4.79. The lowest BCUT2D eigenvalue weighted by molar-refractivity contribution is -0.141. The molecule has 0 radical (unpaired) electrons. The summed E-state index contributed by atoms with van der Waals surface area (Å²) >= 11 is 0. The average molecular weight is 403 g/mol. The van der Waals surface area contributed by atoms with Crippen molar-refractivity contribution in [1.29, 1.82) is 0 Å². The van der Waals surface area contributed by atoms with Crippen molar-refractivity contribution in [2.45, 2.75) is 45.4 Å². The number of carbonyl (C=O) groups is 1. The molecule has 154 valence electrons. The highest BCUT2D eigenvalue weighted by Gasteiger charge is 2.25. The number of carboxylic acid groups (broad SMARTS) is 1. The van der Waals surface area contributed by atoms with Crippen LogP contribution < -0.4 is 5.32 Å². The Labute approximate surface area is 175 Å². The first-order valence-electron chi connectivity index (χ1n) is 10.3. The monoisotopic (exact) mass is 403 g/mol. The van der Waals surface area contributed by atoms with Gasteiger partial charge < -0.3 is 10.4 Å². The van der Waals surface area contributed by atoms with Gasteiger partial charge in [-0.15, -0.1) is 0 Å². The van der Waals surface area contributed by atoms with Gasteiger partial charge in [-0.2, -0.15) is 0 Å². The molecule has 0 spiro atoms. The Morgan fingerprint density at radius 3 is 2.77 bits per heavy atom. The highest BCUT2D eigenvalue weighted by molar-refractivity contribution is 5.71. The van der Waals surface area contributed by atoms with Crippen molar-refractivity contribution in [3.63, 3.8) is 0 Å². The van der Waals surface area contributed by atoms with Crippen LogP contribution in [0.4, 0.5) is 11.6 Å². The number of carboxylic acids is 1. The molecular weight excluding hydrogens is 378 g/mol. The normalized spacial score (nSPS) is 14.3. The van der Waals surface area contributed by atoms with Crippen LogP contribution in [0.5, 0.6) is 0 Å². The largest absolute Gasteiger partial charge is 0.481 e. The Bertz CT molecular complexity index is 1060. The van der Waals surface area contributed by atoms with Crippen molar-refractivity contribution in [2.75, 3.05) is 5.32 Å². The van der Waals surface area contributed by atoms with Crippen molar-refractivity contribution in [1.82, 2.24) is 19.9 Å². The molecule has 2 N–H and O–H groups in total. The Morgan fingerprint density at radius 1 is 1.20 bits per heavy atom. The van der Waals surface area contributed by atoms with Gasteiger partial charge in [-0.1, -0.05) is 6.92 Å². The maximum absolute atomic E-state index is 11.4. The summed E-state index contributed by atoms with van der Waals surface area (Å²) < 4.78 is 0. The molecule has 0 amide bonds. The van der Waals surface area contributed by atoms with E-state index in [1.54, 1.807) is 6.20 Å². The predicted molar refractivity (Wildman–Crippen MR) is 115 cm³/mol. The molecule has 2 aromatic heterocycles. The molecule has 1 saturated carbocycles. The second-order valence-electron chi connectivity index (χ2n) is 7.83. The fourth-order valence-electron chi connectivity index (χ4n) is 3.50. The molecule has 2 heterocycles. The smallest absolute Gasteiger partial charge is 0.306 e. The zero-order valence-electron chi connectivity index (χ0n) is 17.2. The lowest BCUT2D eigenvalue weighted by atomic mass is 9.99. The minimum absolute atomic E-state index is 0.389. The summed E-state index contributed by atoms with van der Waals surface area (Å²) in [5, 5.41) is 12.6. The SMILES string of the molecule is CCC(Cc1cc(-c2cc(C)cc(Nc3nccc(C4CC4)n3)c2)ncn1)C(=O)O. The van der Waals surface area contributed by atoms with Gasteiger partial charge in [0.2, 0.25) is 5.95 Å². The third-order valence-corrected chi connectivity index (χ3v) is 5.32. The summed E-state index contributed by atoms with van der Waals surface area (Å²) in [6.45, 7) is 3.90. The molecule has 0 saturated heterocycles. The number of aryl methyl sites for hydroxylation is 1. The lowest BCUT2D eigenvalue weighted by Gasteiger charge is -2.12. The first kappa shape index (κ1) is 19.9. The zero-order valence-corrected chi connectivity index (χ0v) is 17.2. The van der Waals surface area contributed by atoms with Crippen molar-refractivity contribution >= 4 is 17.6 Å². The van der Waals surface area contributed by atoms with Crippen LogP contribution in [0.1, 0.15) is 49.1 Å². The van der Waals surface area contributed by atoms with E-state index in [0.717, 1.165) is 33.9 Å². The van der Waals surface area contributed by atoms with E-state index in [4.69, 9.17) is 0 Å². The van der Waals surface area contributed by atoms with Gasteiger partial charge in [0, 0.05) is 41.2 Å². The van der Waals surface area contributed by atoms with Gasteiger partial charge in [0.15, 0.2) is 0 Å². The van der Waals surface area contributed by atoms with E-state index in [1.807, 2.05) is 44.2 Å². The van der Waals surface area contributed by atoms with Crippen LogP contribution >= 0.6 is 0 Å². The summed E-state index contributed by atoms with van der Waals surface area (Å²) in [5.41, 5.74) is 5.47. The molecule has 0 bridgehead atoms. The second-order valence-corrected chi connectivity index (χ2v) is 7.83. The van der Waals surface area contributed by atoms with Crippen molar-refractivity contribution < 1.29 is 9.90 Å². The van der Waals surface area contributed by atoms with Crippen LogP contribution in [0, 0.1) is 12.8 Å². The topological polar surface area (TPSA) is 101 Å². The summed E-state index contributed by atoms with van der Waals surface area (Å²) in [7, 11) is 0. The van der Waals surface area contributed by atoms with Gasteiger partial charge in [-0.05, 0) is 62.1 Å². The molecule has 4 rings (SSSR count). The van der Waals surface area contributed by atoms with E-state index in [1.165, 1.54) is 19.2 Å². The summed E-state index contributed by atoms with van der Waals surface area (Å²) in [5.74, 6) is -0.0862. The maximum Gasteiger partial charge on any atom is 0.306 e. The molecule has 0 aliphatic heterocycles. The molecule has 1 unspecified atom stereocenters. The van der Waals surface area contributed by atoms with Crippen molar-refractivity contribution in [2.24, 2.45) is 5.92 Å². The van der Waals surface area contributed by atoms with E-state index in [-0.39, 0.29) is 0 Å². The first-order valence-corrected chi connectivity index (χ1v) is 10.3. The fraction of sp³-hybridized carbons (Fsp3) is 0.348. The maximum atomic E-state index is 11.4. The van der Waals surface area contributed by atoms with E-state index in [2.05, 4.69) is 25.3 Å². The van der Waals surface area contributed by atoms with Crippen LogP contribution in [0.15, 0.2) is 42.9 Å². The van der Waals surface area contributed by atoms with Gasteiger partial charge in [-0.3, -0.25) is 4.79 Å². The molecule has 3 aromatic rings. The number of hydrogen-bond donors (Lipinski definition) is 2. The Morgan fingerprint density at radius 2 is 2.03 bits per heavy atom. The van der Waals surface area contributed by atoms with E-state index >= 15 is 0 Å². The first-order chi connectivity index (χ1) is 14.5. The predicted octanol–water partition coefficient (Wildman–Crippen LogP) is 4.52. The van der Waals surface area contributed by atoms with E-state index in [9.17, 15) is 9.90 Å². The quantitative estimate of drug-likeness (QED) is 0.570. The summed E-state index contributed by atoms with van der Waals surface area (Å²) in [6.07, 6.45) is 6.64. The van der Waals surface area contributed by atoms with Gasteiger partial charge in [0.05, 0.1) is 11.6 Å². The number of hydrogen-bond acceptors (Lipinski definition) is 6. The molecule has 1 aliphatic carbocycles. The minimum atomic E-state index is -0.798. The van der Waals surface area contributed by atoms with Crippen LogP contribution in [0.25, 0.3) is 11.3 Å². The summed E-state index contributed by atoms with van der Waals surface area (Å²) in [6, 6.07) is 9.94. The Kier molecular flexibility index (Phi) is 5.70. The number of aliphatic carboxylic acids is 1. The van der Waals surface area contributed by atoms with Crippen molar-refractivity contribution in [3.05, 3.63) is 59.8 Å². The van der Waals surface area contributed by atoms with Gasteiger partial charge >= 0.3 is 5.97 Å². The van der Waals surface area contributed by atoms with Crippen molar-refractivity contribution in [3.8, 4) is 11.3 Å². The fourth-order valence-corrected chi connectivity index (χ4v) is 3.50. The number of anilines is 2. The molecule has 1 aromatic carbocycles. The van der Waals surface area contributed by atoms with Gasteiger partial charge in [0.25, 0.3) is 0 Å². The highest BCUT2D eigenvalue weighted by atomic mass is 16.4. The molecule has 30 heavy (non-hydrogen) atoms. The molecule has 7 nitrogen and oxygen atoms in total.